The van der Waals surface area contributed by atoms with Gasteiger partial charge in [-0.15, -0.1) is 0 Å². The van der Waals surface area contributed by atoms with E-state index in [0.29, 0.717) is 32.1 Å². The highest BCUT2D eigenvalue weighted by molar-refractivity contribution is 14.1. The summed E-state index contributed by atoms with van der Waals surface area (Å²) in [5.74, 6) is -0.789. The second kappa shape index (κ2) is 11.8. The van der Waals surface area contributed by atoms with Crippen LogP contribution in [0, 0.1) is 3.57 Å². The quantitative estimate of drug-likeness (QED) is 0.220. The zero-order chi connectivity index (χ0) is 27.2. The number of para-hydroxylation sites is 1. The van der Waals surface area contributed by atoms with Gasteiger partial charge in [0.05, 0.1) is 23.5 Å². The average molecular weight is 627 g/mol. The van der Waals surface area contributed by atoms with E-state index in [2.05, 4.69) is 10.6 Å². The number of benzene rings is 3. The Morgan fingerprint density at radius 1 is 1.00 bits per heavy atom. The predicted octanol–water partition coefficient (Wildman–Crippen LogP) is 3.99. The lowest BCUT2D eigenvalue weighted by atomic mass is 10.1. The van der Waals surface area contributed by atoms with Crippen molar-refractivity contribution < 1.29 is 33.4 Å². The summed E-state index contributed by atoms with van der Waals surface area (Å²) >= 11 is 2.01. The van der Waals surface area contributed by atoms with Gasteiger partial charge >= 0.3 is 6.03 Å². The first-order valence-electron chi connectivity index (χ1n) is 11.2. The number of barbiturate groups is 1. The number of ether oxygens (including phenoxy) is 3. The van der Waals surface area contributed by atoms with Crippen LogP contribution in [0.15, 0.2) is 72.3 Å². The minimum absolute atomic E-state index is 0.242. The van der Waals surface area contributed by atoms with Crippen molar-refractivity contribution in [2.24, 2.45) is 0 Å². The first-order chi connectivity index (χ1) is 18.3. The molecule has 0 saturated carbocycles. The molecule has 10 nitrogen and oxygen atoms in total. The van der Waals surface area contributed by atoms with E-state index in [0.717, 1.165) is 4.90 Å². The Morgan fingerprint density at radius 2 is 1.71 bits per heavy atom. The summed E-state index contributed by atoms with van der Waals surface area (Å²) in [6, 6.07) is 17.6. The fourth-order valence-electron chi connectivity index (χ4n) is 3.61. The minimum Gasteiger partial charge on any atom is -0.497 e. The maximum Gasteiger partial charge on any atom is 0.335 e. The molecule has 38 heavy (non-hydrogen) atoms. The molecule has 1 fully saturated rings. The molecule has 5 amide bonds. The highest BCUT2D eigenvalue weighted by atomic mass is 127. The first-order valence-corrected chi connectivity index (χ1v) is 12.3. The van der Waals surface area contributed by atoms with Crippen LogP contribution in [0.5, 0.6) is 17.2 Å². The monoisotopic (exact) mass is 627 g/mol. The van der Waals surface area contributed by atoms with E-state index in [1.807, 2.05) is 28.7 Å². The number of urea groups is 1. The van der Waals surface area contributed by atoms with Gasteiger partial charge in [0.2, 0.25) is 0 Å². The van der Waals surface area contributed by atoms with Crippen LogP contribution in [0.4, 0.5) is 16.2 Å². The number of amides is 5. The van der Waals surface area contributed by atoms with Crippen LogP contribution < -0.4 is 29.7 Å². The van der Waals surface area contributed by atoms with Crippen LogP contribution in [0.2, 0.25) is 0 Å². The van der Waals surface area contributed by atoms with Gasteiger partial charge in [0, 0.05) is 5.69 Å². The molecule has 11 heteroatoms. The molecule has 0 bridgehead atoms. The molecule has 1 aliphatic heterocycles. The fraction of sp³-hybridized carbons (Fsp3) is 0.111. The van der Waals surface area contributed by atoms with Crippen molar-refractivity contribution in [2.75, 3.05) is 31.0 Å². The van der Waals surface area contributed by atoms with Crippen molar-refractivity contribution in [3.05, 3.63) is 81.4 Å². The van der Waals surface area contributed by atoms with E-state index < -0.39 is 17.8 Å². The maximum atomic E-state index is 13.2. The molecule has 2 N–H and O–H groups in total. The number of halogens is 1. The van der Waals surface area contributed by atoms with E-state index in [4.69, 9.17) is 14.2 Å². The predicted molar refractivity (Wildman–Crippen MR) is 148 cm³/mol. The van der Waals surface area contributed by atoms with Gasteiger partial charge in [-0.05, 0) is 82.8 Å². The molecule has 0 aromatic heterocycles. The molecule has 0 aliphatic carbocycles. The highest BCUT2D eigenvalue weighted by Gasteiger charge is 2.37. The third-order valence-corrected chi connectivity index (χ3v) is 6.20. The number of carbonyl (C=O) groups is 4. The molecule has 1 heterocycles. The van der Waals surface area contributed by atoms with Gasteiger partial charge in [-0.1, -0.05) is 18.2 Å². The average Bonchev–Trinajstić information content (AvgIpc) is 2.91. The summed E-state index contributed by atoms with van der Waals surface area (Å²) in [7, 11) is 2.93. The number of nitrogens with one attached hydrogen (secondary N) is 2. The molecule has 3 aromatic carbocycles. The fourth-order valence-corrected chi connectivity index (χ4v) is 4.39. The van der Waals surface area contributed by atoms with Crippen LogP contribution in [-0.4, -0.2) is 44.6 Å². The third-order valence-electron chi connectivity index (χ3n) is 5.40. The SMILES string of the molecule is COc1ccc(N2C(=O)NC(=O)/C(=C\c3cc(I)c(OCC(=O)Nc4ccccc4)c(OC)c3)C2=O)cc1. The lowest BCUT2D eigenvalue weighted by Gasteiger charge is -2.26. The topological polar surface area (TPSA) is 123 Å². The molecule has 0 atom stereocenters. The summed E-state index contributed by atoms with van der Waals surface area (Å²) in [6.45, 7) is -0.262. The molecule has 1 saturated heterocycles. The van der Waals surface area contributed by atoms with Crippen LogP contribution in [0.3, 0.4) is 0 Å². The second-order valence-electron chi connectivity index (χ2n) is 7.89. The zero-order valence-corrected chi connectivity index (χ0v) is 22.5. The Balaban J connectivity index is 1.56. The molecule has 0 radical (unpaired) electrons. The largest absolute Gasteiger partial charge is 0.497 e. The summed E-state index contributed by atoms with van der Waals surface area (Å²) in [5, 5.41) is 4.92. The Hall–Kier alpha value is -4.39. The van der Waals surface area contributed by atoms with Crippen LogP contribution >= 0.6 is 22.6 Å². The summed E-state index contributed by atoms with van der Waals surface area (Å²) < 4.78 is 16.8. The van der Waals surface area contributed by atoms with Crippen molar-refractivity contribution in [2.45, 2.75) is 0 Å². The molecular formula is C27H22IN3O7. The van der Waals surface area contributed by atoms with Crippen molar-refractivity contribution in [1.82, 2.24) is 5.32 Å². The van der Waals surface area contributed by atoms with Crippen molar-refractivity contribution in [3.63, 3.8) is 0 Å². The van der Waals surface area contributed by atoms with Crippen LogP contribution in [0.25, 0.3) is 6.08 Å². The Bertz CT molecular complexity index is 1420. The zero-order valence-electron chi connectivity index (χ0n) is 20.3. The van der Waals surface area contributed by atoms with Crippen molar-refractivity contribution in [3.8, 4) is 17.2 Å². The van der Waals surface area contributed by atoms with Crippen molar-refractivity contribution in [1.29, 1.82) is 0 Å². The van der Waals surface area contributed by atoms with Crippen LogP contribution in [-0.2, 0) is 14.4 Å². The van der Waals surface area contributed by atoms with E-state index in [9.17, 15) is 19.2 Å². The molecule has 3 aromatic rings. The maximum absolute atomic E-state index is 13.2. The number of rotatable bonds is 8. The van der Waals surface area contributed by atoms with E-state index in [1.54, 1.807) is 48.5 Å². The molecule has 1 aliphatic rings. The van der Waals surface area contributed by atoms with Crippen LogP contribution in [0.1, 0.15) is 5.56 Å². The number of hydrogen-bond acceptors (Lipinski definition) is 7. The molecule has 0 unspecified atom stereocenters. The number of nitrogens with zero attached hydrogens (tertiary/aromatic N) is 1. The molecule has 194 valence electrons. The van der Waals surface area contributed by atoms with E-state index in [1.165, 1.54) is 32.4 Å². The normalized spacial score (nSPS) is 14.2. The number of hydrogen-bond donors (Lipinski definition) is 2. The first kappa shape index (κ1) is 26.7. The summed E-state index contributed by atoms with van der Waals surface area (Å²) in [4.78, 5) is 51.4. The van der Waals surface area contributed by atoms with Gasteiger partial charge in [0.1, 0.15) is 11.3 Å². The van der Waals surface area contributed by atoms with Gasteiger partial charge in [-0.25, -0.2) is 9.69 Å². The lowest BCUT2D eigenvalue weighted by Crippen LogP contribution is -2.54. The molecular weight excluding hydrogens is 605 g/mol. The number of carbonyl (C=O) groups excluding carboxylic acids is 4. The summed E-state index contributed by atoms with van der Waals surface area (Å²) in [5.41, 5.74) is 1.13. The number of anilines is 2. The number of methoxy groups -OCH3 is 2. The van der Waals surface area contributed by atoms with Gasteiger partial charge in [-0.2, -0.15) is 0 Å². The summed E-state index contributed by atoms with van der Waals surface area (Å²) in [6.07, 6.45) is 1.36. The Labute approximate surface area is 231 Å². The molecule has 0 spiro atoms. The smallest absolute Gasteiger partial charge is 0.335 e. The Kier molecular flexibility index (Phi) is 8.26. The minimum atomic E-state index is -0.855. The lowest BCUT2D eigenvalue weighted by molar-refractivity contribution is -0.122. The highest BCUT2D eigenvalue weighted by Crippen LogP contribution is 2.35. The van der Waals surface area contributed by atoms with E-state index in [-0.39, 0.29) is 23.8 Å². The Morgan fingerprint density at radius 3 is 2.37 bits per heavy atom. The van der Waals surface area contributed by atoms with Gasteiger partial charge in [-0.3, -0.25) is 19.7 Å². The van der Waals surface area contributed by atoms with Gasteiger partial charge < -0.3 is 19.5 Å². The van der Waals surface area contributed by atoms with Gasteiger partial charge in [0.25, 0.3) is 17.7 Å². The second-order valence-corrected chi connectivity index (χ2v) is 9.06. The van der Waals surface area contributed by atoms with Gasteiger partial charge in [0.15, 0.2) is 18.1 Å². The number of imide groups is 2. The van der Waals surface area contributed by atoms with Crippen molar-refractivity contribution >= 4 is 63.8 Å². The third kappa shape index (κ3) is 5.94. The van der Waals surface area contributed by atoms with E-state index >= 15 is 0 Å². The standard InChI is InChI=1S/C27H22IN3O7/c1-36-19-10-8-18(9-11-19)31-26(34)20(25(33)30-27(31)35)12-16-13-21(28)24(22(14-16)37-2)38-15-23(32)29-17-6-4-3-5-7-17/h3-14H,15H2,1-2H3,(H,29,32)(H,30,33,35)/b20-12+. The molecule has 4 rings (SSSR count).